The predicted molar refractivity (Wildman–Crippen MR) is 59.5 cm³/mol. The number of phenols is 1. The van der Waals surface area contributed by atoms with Gasteiger partial charge in [-0.05, 0) is 26.0 Å². The van der Waals surface area contributed by atoms with Gasteiger partial charge in [-0.1, -0.05) is 12.1 Å². The maximum Gasteiger partial charge on any atom is 0.222 e. The van der Waals surface area contributed by atoms with Gasteiger partial charge in [0.1, 0.15) is 5.75 Å². The van der Waals surface area contributed by atoms with Crippen LogP contribution in [0.1, 0.15) is 24.2 Å². The van der Waals surface area contributed by atoms with E-state index in [1.165, 1.54) is 12.1 Å². The Balaban J connectivity index is 2.81. The van der Waals surface area contributed by atoms with Crippen molar-refractivity contribution in [3.8, 4) is 5.75 Å². The molecule has 0 atom stereocenters. The molecule has 16 heavy (non-hydrogen) atoms. The summed E-state index contributed by atoms with van der Waals surface area (Å²) in [5, 5.41) is 9.27. The van der Waals surface area contributed by atoms with E-state index in [9.17, 15) is 9.90 Å². The van der Waals surface area contributed by atoms with Gasteiger partial charge in [0.05, 0.1) is 0 Å². The molecule has 4 nitrogen and oxygen atoms in total. The average Bonchev–Trinajstić information content (AvgIpc) is 2.28. The highest BCUT2D eigenvalue weighted by Crippen LogP contribution is 2.14. The van der Waals surface area contributed by atoms with Crippen LogP contribution in [0, 0.1) is 0 Å². The van der Waals surface area contributed by atoms with Gasteiger partial charge in [0.2, 0.25) is 12.1 Å². The molecule has 0 fully saturated rings. The van der Waals surface area contributed by atoms with Gasteiger partial charge in [-0.2, -0.15) is 0 Å². The Kier molecular flexibility index (Phi) is 4.95. The zero-order valence-electron chi connectivity index (χ0n) is 9.47. The average molecular weight is 224 g/mol. The monoisotopic (exact) mass is 224 g/mol. The summed E-state index contributed by atoms with van der Waals surface area (Å²) in [5.74, 6) is -0.225. The van der Waals surface area contributed by atoms with Crippen molar-refractivity contribution in [1.29, 1.82) is 0 Å². The maximum atomic E-state index is 11.9. The molecule has 0 radical (unpaired) electrons. The number of Topliss-reactive ketones (excluding diaryl/α,β-unsaturated/α-hetero) is 1. The molecule has 1 aromatic carbocycles. The fourth-order valence-corrected chi connectivity index (χ4v) is 1.30. The van der Waals surface area contributed by atoms with Crippen molar-refractivity contribution in [2.75, 3.05) is 13.2 Å². The van der Waals surface area contributed by atoms with Crippen LogP contribution in [0.5, 0.6) is 5.75 Å². The van der Waals surface area contributed by atoms with E-state index in [1.54, 1.807) is 26.0 Å². The normalized spacial score (nSPS) is 10.7. The first kappa shape index (κ1) is 12.7. The smallest absolute Gasteiger partial charge is 0.222 e. The molecule has 0 aliphatic carbocycles. The highest BCUT2D eigenvalue weighted by molar-refractivity contribution is 5.98. The lowest BCUT2D eigenvalue weighted by molar-refractivity contribution is -0.107. The molecule has 0 heterocycles. The number of benzene rings is 1. The van der Waals surface area contributed by atoms with Crippen LogP contribution < -0.4 is 0 Å². The number of hydrogen-bond acceptors (Lipinski definition) is 4. The lowest BCUT2D eigenvalue weighted by Gasteiger charge is -2.15. The van der Waals surface area contributed by atoms with Gasteiger partial charge >= 0.3 is 0 Å². The minimum absolute atomic E-state index is 0.0533. The lowest BCUT2D eigenvalue weighted by Crippen LogP contribution is -2.27. The first-order chi connectivity index (χ1) is 7.69. The van der Waals surface area contributed by atoms with Crippen molar-refractivity contribution < 1.29 is 19.4 Å². The number of ketones is 1. The van der Waals surface area contributed by atoms with Crippen LogP contribution in [-0.2, 0) is 9.47 Å². The highest BCUT2D eigenvalue weighted by atomic mass is 16.7. The van der Waals surface area contributed by atoms with Gasteiger partial charge in [-0.3, -0.25) is 4.79 Å². The predicted octanol–water partition coefficient (Wildman–Crippen LogP) is 1.97. The van der Waals surface area contributed by atoms with Gasteiger partial charge in [0.15, 0.2) is 0 Å². The number of carbonyl (C=O) groups excluding carboxylic acids is 1. The minimum atomic E-state index is -0.892. The summed E-state index contributed by atoms with van der Waals surface area (Å²) >= 11 is 0. The van der Waals surface area contributed by atoms with Gasteiger partial charge in [-0.15, -0.1) is 0 Å². The largest absolute Gasteiger partial charge is 0.508 e. The van der Waals surface area contributed by atoms with E-state index in [2.05, 4.69) is 0 Å². The molecular weight excluding hydrogens is 208 g/mol. The number of hydrogen-bond donors (Lipinski definition) is 1. The van der Waals surface area contributed by atoms with E-state index in [1.807, 2.05) is 0 Å². The SMILES string of the molecule is CCOC(OCC)C(=O)c1cccc(O)c1. The molecule has 0 spiro atoms. The number of phenolic OH excluding ortho intramolecular Hbond substituents is 1. The number of aromatic hydroxyl groups is 1. The Morgan fingerprint density at radius 1 is 1.31 bits per heavy atom. The molecule has 0 bridgehead atoms. The molecule has 88 valence electrons. The van der Waals surface area contributed by atoms with Gasteiger partial charge in [0.25, 0.3) is 0 Å². The fourth-order valence-electron chi connectivity index (χ4n) is 1.30. The molecule has 0 aliphatic rings. The molecule has 0 aromatic heterocycles. The first-order valence-corrected chi connectivity index (χ1v) is 5.25. The molecule has 0 saturated carbocycles. The van der Waals surface area contributed by atoms with Crippen LogP contribution in [-0.4, -0.2) is 30.4 Å². The van der Waals surface area contributed by atoms with E-state index < -0.39 is 6.29 Å². The number of carbonyl (C=O) groups is 1. The second-order valence-electron chi connectivity index (χ2n) is 3.16. The van der Waals surface area contributed by atoms with Crippen LogP contribution in [0.3, 0.4) is 0 Å². The Hall–Kier alpha value is -1.39. The van der Waals surface area contributed by atoms with E-state index >= 15 is 0 Å². The fraction of sp³-hybridized carbons (Fsp3) is 0.417. The van der Waals surface area contributed by atoms with Crippen molar-refractivity contribution in [3.05, 3.63) is 29.8 Å². The Morgan fingerprint density at radius 2 is 1.94 bits per heavy atom. The van der Waals surface area contributed by atoms with E-state index in [4.69, 9.17) is 9.47 Å². The third kappa shape index (κ3) is 3.32. The molecule has 1 N–H and O–H groups in total. The zero-order valence-corrected chi connectivity index (χ0v) is 9.47. The van der Waals surface area contributed by atoms with Crippen molar-refractivity contribution in [2.24, 2.45) is 0 Å². The Bertz CT molecular complexity index is 343. The quantitative estimate of drug-likeness (QED) is 0.593. The van der Waals surface area contributed by atoms with Crippen LogP contribution in [0.2, 0.25) is 0 Å². The zero-order chi connectivity index (χ0) is 12.0. The van der Waals surface area contributed by atoms with Crippen LogP contribution >= 0.6 is 0 Å². The second kappa shape index (κ2) is 6.25. The van der Waals surface area contributed by atoms with Gasteiger partial charge < -0.3 is 14.6 Å². The van der Waals surface area contributed by atoms with E-state index in [0.717, 1.165) is 0 Å². The Morgan fingerprint density at radius 3 is 2.44 bits per heavy atom. The summed E-state index contributed by atoms with van der Waals surface area (Å²) in [5.41, 5.74) is 0.381. The van der Waals surface area contributed by atoms with Crippen molar-refractivity contribution in [1.82, 2.24) is 0 Å². The lowest BCUT2D eigenvalue weighted by atomic mass is 10.1. The van der Waals surface area contributed by atoms with Crippen LogP contribution in [0.25, 0.3) is 0 Å². The topological polar surface area (TPSA) is 55.8 Å². The van der Waals surface area contributed by atoms with E-state index in [-0.39, 0.29) is 11.5 Å². The van der Waals surface area contributed by atoms with Gasteiger partial charge in [0, 0.05) is 18.8 Å². The van der Waals surface area contributed by atoms with Crippen molar-refractivity contribution in [3.63, 3.8) is 0 Å². The van der Waals surface area contributed by atoms with Crippen LogP contribution in [0.15, 0.2) is 24.3 Å². The van der Waals surface area contributed by atoms with Crippen molar-refractivity contribution in [2.45, 2.75) is 20.1 Å². The molecule has 0 aliphatic heterocycles. The van der Waals surface area contributed by atoms with Crippen LogP contribution in [0.4, 0.5) is 0 Å². The first-order valence-electron chi connectivity index (χ1n) is 5.25. The number of ether oxygens (including phenoxy) is 2. The second-order valence-corrected chi connectivity index (χ2v) is 3.16. The molecule has 0 saturated heterocycles. The minimum Gasteiger partial charge on any atom is -0.508 e. The Labute approximate surface area is 94.8 Å². The van der Waals surface area contributed by atoms with Gasteiger partial charge in [-0.25, -0.2) is 0 Å². The summed E-state index contributed by atoms with van der Waals surface area (Å²) in [6.07, 6.45) is -0.892. The molecule has 0 unspecified atom stereocenters. The summed E-state index contributed by atoms with van der Waals surface area (Å²) in [6.45, 7) is 4.38. The molecular formula is C12H16O4. The molecule has 0 amide bonds. The summed E-state index contributed by atoms with van der Waals surface area (Å²) in [6, 6.07) is 6.13. The van der Waals surface area contributed by atoms with E-state index in [0.29, 0.717) is 18.8 Å². The number of rotatable bonds is 6. The highest BCUT2D eigenvalue weighted by Gasteiger charge is 2.20. The third-order valence-corrected chi connectivity index (χ3v) is 1.98. The standard InChI is InChI=1S/C12H16O4/c1-3-15-12(16-4-2)11(14)9-6-5-7-10(13)8-9/h5-8,12-13H,3-4H2,1-2H3. The summed E-state index contributed by atoms with van der Waals surface area (Å²) in [4.78, 5) is 11.9. The molecule has 1 aromatic rings. The van der Waals surface area contributed by atoms with Crippen molar-refractivity contribution >= 4 is 5.78 Å². The molecule has 4 heteroatoms. The maximum absolute atomic E-state index is 11.9. The summed E-state index contributed by atoms with van der Waals surface area (Å²) in [7, 11) is 0. The summed E-state index contributed by atoms with van der Waals surface area (Å²) < 4.78 is 10.4. The molecule has 1 rings (SSSR count). The third-order valence-electron chi connectivity index (χ3n) is 1.98.